The van der Waals surface area contributed by atoms with Crippen molar-refractivity contribution < 1.29 is 5.11 Å². The van der Waals surface area contributed by atoms with Crippen molar-refractivity contribution in [2.24, 2.45) is 0 Å². The SMILES string of the molecule is O[C@H]1CCN(Cc2sc3ccccc3c2Cl)C1. The first-order chi connectivity index (χ1) is 8.24. The van der Waals surface area contributed by atoms with Crippen LogP contribution in [0.1, 0.15) is 11.3 Å². The smallest absolute Gasteiger partial charge is 0.0679 e. The third kappa shape index (κ3) is 2.20. The number of halogens is 1. The van der Waals surface area contributed by atoms with Crippen molar-refractivity contribution in [2.45, 2.75) is 19.1 Å². The average Bonchev–Trinajstić information content (AvgIpc) is 2.86. The van der Waals surface area contributed by atoms with Crippen LogP contribution in [0.4, 0.5) is 0 Å². The molecule has 0 amide bonds. The van der Waals surface area contributed by atoms with E-state index >= 15 is 0 Å². The van der Waals surface area contributed by atoms with Crippen LogP contribution < -0.4 is 0 Å². The maximum Gasteiger partial charge on any atom is 0.0679 e. The minimum Gasteiger partial charge on any atom is -0.392 e. The van der Waals surface area contributed by atoms with Gasteiger partial charge in [0.1, 0.15) is 0 Å². The van der Waals surface area contributed by atoms with Crippen molar-refractivity contribution >= 4 is 33.0 Å². The summed E-state index contributed by atoms with van der Waals surface area (Å²) in [4.78, 5) is 3.48. The fourth-order valence-corrected chi connectivity index (χ4v) is 3.86. The van der Waals surface area contributed by atoms with Gasteiger partial charge in [0.15, 0.2) is 0 Å². The highest BCUT2D eigenvalue weighted by Gasteiger charge is 2.22. The van der Waals surface area contributed by atoms with Gasteiger partial charge in [-0.3, -0.25) is 4.90 Å². The van der Waals surface area contributed by atoms with Crippen LogP contribution in [0.5, 0.6) is 0 Å². The van der Waals surface area contributed by atoms with E-state index in [0.717, 1.165) is 36.5 Å². The Hall–Kier alpha value is -0.610. The van der Waals surface area contributed by atoms with E-state index in [2.05, 4.69) is 17.0 Å². The summed E-state index contributed by atoms with van der Waals surface area (Å²) in [7, 11) is 0. The van der Waals surface area contributed by atoms with Gasteiger partial charge in [-0.05, 0) is 12.5 Å². The first kappa shape index (κ1) is 11.5. The number of fused-ring (bicyclic) bond motifs is 1. The molecule has 0 radical (unpaired) electrons. The number of nitrogens with zero attached hydrogens (tertiary/aromatic N) is 1. The van der Waals surface area contributed by atoms with Crippen LogP contribution in [0.2, 0.25) is 5.02 Å². The number of hydrogen-bond donors (Lipinski definition) is 1. The molecule has 1 aliphatic heterocycles. The number of benzene rings is 1. The molecule has 3 rings (SSSR count). The van der Waals surface area contributed by atoms with Gasteiger partial charge < -0.3 is 5.11 Å². The summed E-state index contributed by atoms with van der Waals surface area (Å²) in [5.74, 6) is 0. The second kappa shape index (κ2) is 4.58. The second-order valence-corrected chi connectivity index (χ2v) is 6.03. The number of likely N-dealkylation sites (tertiary alicyclic amines) is 1. The van der Waals surface area contributed by atoms with E-state index in [1.54, 1.807) is 11.3 Å². The number of β-amino-alcohol motifs (C(OH)–C–C–N with tert-alkyl or cyclic N) is 1. The zero-order valence-electron chi connectivity index (χ0n) is 9.40. The van der Waals surface area contributed by atoms with Gasteiger partial charge >= 0.3 is 0 Å². The van der Waals surface area contributed by atoms with E-state index < -0.39 is 0 Å². The van der Waals surface area contributed by atoms with Crippen molar-refractivity contribution in [1.29, 1.82) is 0 Å². The lowest BCUT2D eigenvalue weighted by Crippen LogP contribution is -2.21. The molecule has 1 aromatic carbocycles. The van der Waals surface area contributed by atoms with Crippen molar-refractivity contribution in [2.75, 3.05) is 13.1 Å². The lowest BCUT2D eigenvalue weighted by Gasteiger charge is -2.13. The topological polar surface area (TPSA) is 23.5 Å². The molecule has 1 aromatic heterocycles. The molecular weight excluding hydrogens is 254 g/mol. The molecule has 1 atom stereocenters. The van der Waals surface area contributed by atoms with Crippen LogP contribution in [-0.4, -0.2) is 29.2 Å². The van der Waals surface area contributed by atoms with E-state index in [9.17, 15) is 5.11 Å². The molecule has 17 heavy (non-hydrogen) atoms. The highest BCUT2D eigenvalue weighted by Crippen LogP contribution is 2.36. The molecule has 90 valence electrons. The first-order valence-electron chi connectivity index (χ1n) is 5.80. The average molecular weight is 268 g/mol. The Bertz CT molecular complexity index is 539. The third-order valence-corrected chi connectivity index (χ3v) is 4.92. The van der Waals surface area contributed by atoms with Crippen LogP contribution in [0, 0.1) is 0 Å². The molecule has 4 heteroatoms. The van der Waals surface area contributed by atoms with Crippen LogP contribution in [0.25, 0.3) is 10.1 Å². The van der Waals surface area contributed by atoms with Gasteiger partial charge in [0.05, 0.1) is 11.1 Å². The molecule has 0 aliphatic carbocycles. The molecule has 1 fully saturated rings. The quantitative estimate of drug-likeness (QED) is 0.904. The molecule has 2 aromatic rings. The normalized spacial score (nSPS) is 21.4. The van der Waals surface area contributed by atoms with Crippen LogP contribution in [0.15, 0.2) is 24.3 Å². The fourth-order valence-electron chi connectivity index (χ4n) is 2.33. The Morgan fingerprint density at radius 3 is 2.94 bits per heavy atom. The van der Waals surface area contributed by atoms with Crippen molar-refractivity contribution in [3.8, 4) is 0 Å². The number of rotatable bonds is 2. The molecule has 1 saturated heterocycles. The number of thiophene rings is 1. The molecule has 2 heterocycles. The van der Waals surface area contributed by atoms with Gasteiger partial charge in [-0.1, -0.05) is 29.8 Å². The van der Waals surface area contributed by atoms with Gasteiger partial charge in [0, 0.05) is 34.6 Å². The summed E-state index contributed by atoms with van der Waals surface area (Å²) >= 11 is 8.15. The van der Waals surface area contributed by atoms with Crippen molar-refractivity contribution in [3.05, 3.63) is 34.2 Å². The number of aliphatic hydroxyl groups excluding tert-OH is 1. The zero-order chi connectivity index (χ0) is 11.8. The van der Waals surface area contributed by atoms with Crippen LogP contribution >= 0.6 is 22.9 Å². The summed E-state index contributed by atoms with van der Waals surface area (Å²) in [5, 5.41) is 11.5. The Labute approximate surface area is 109 Å². The van der Waals surface area contributed by atoms with Gasteiger partial charge in [-0.25, -0.2) is 0 Å². The standard InChI is InChI=1S/C13H14ClNOS/c14-13-10-3-1-2-4-11(10)17-12(13)8-15-6-5-9(16)7-15/h1-4,9,16H,5-8H2/t9-/m0/s1. The van der Waals surface area contributed by atoms with Crippen LogP contribution in [0.3, 0.4) is 0 Å². The Morgan fingerprint density at radius 1 is 1.41 bits per heavy atom. The van der Waals surface area contributed by atoms with Gasteiger partial charge in [0.2, 0.25) is 0 Å². The van der Waals surface area contributed by atoms with E-state index in [1.807, 2.05) is 12.1 Å². The number of aliphatic hydroxyl groups is 1. The Balaban J connectivity index is 1.88. The summed E-state index contributed by atoms with van der Waals surface area (Å²) in [6, 6.07) is 8.23. The largest absolute Gasteiger partial charge is 0.392 e. The summed E-state index contributed by atoms with van der Waals surface area (Å²) < 4.78 is 1.24. The minimum absolute atomic E-state index is 0.164. The third-order valence-electron chi connectivity index (χ3n) is 3.22. The predicted molar refractivity (Wildman–Crippen MR) is 72.7 cm³/mol. The molecule has 0 spiro atoms. The Morgan fingerprint density at radius 2 is 2.24 bits per heavy atom. The molecule has 2 nitrogen and oxygen atoms in total. The van der Waals surface area contributed by atoms with Gasteiger partial charge in [-0.15, -0.1) is 11.3 Å². The molecular formula is C13H14ClNOS. The second-order valence-electron chi connectivity index (χ2n) is 4.51. The van der Waals surface area contributed by atoms with E-state index in [0.29, 0.717) is 0 Å². The maximum absolute atomic E-state index is 9.52. The fraction of sp³-hybridized carbons (Fsp3) is 0.385. The number of hydrogen-bond acceptors (Lipinski definition) is 3. The lowest BCUT2D eigenvalue weighted by molar-refractivity contribution is 0.175. The highest BCUT2D eigenvalue weighted by molar-refractivity contribution is 7.19. The monoisotopic (exact) mass is 267 g/mol. The van der Waals surface area contributed by atoms with E-state index in [1.165, 1.54) is 9.58 Å². The predicted octanol–water partition coefficient (Wildman–Crippen LogP) is 3.12. The minimum atomic E-state index is -0.164. The molecule has 0 saturated carbocycles. The van der Waals surface area contributed by atoms with Crippen LogP contribution in [-0.2, 0) is 6.54 Å². The summed E-state index contributed by atoms with van der Waals surface area (Å²) in [6.07, 6.45) is 0.714. The van der Waals surface area contributed by atoms with E-state index in [4.69, 9.17) is 11.6 Å². The lowest BCUT2D eigenvalue weighted by atomic mass is 10.2. The van der Waals surface area contributed by atoms with E-state index in [-0.39, 0.29) is 6.10 Å². The summed E-state index contributed by atoms with van der Waals surface area (Å²) in [5.41, 5.74) is 0. The highest BCUT2D eigenvalue weighted by atomic mass is 35.5. The summed E-state index contributed by atoms with van der Waals surface area (Å²) in [6.45, 7) is 2.59. The molecule has 0 unspecified atom stereocenters. The van der Waals surface area contributed by atoms with Crippen molar-refractivity contribution in [3.63, 3.8) is 0 Å². The van der Waals surface area contributed by atoms with Gasteiger partial charge in [0.25, 0.3) is 0 Å². The zero-order valence-corrected chi connectivity index (χ0v) is 11.0. The molecule has 0 bridgehead atoms. The molecule has 1 aliphatic rings. The Kier molecular flexibility index (Phi) is 3.09. The maximum atomic E-state index is 9.52. The van der Waals surface area contributed by atoms with Gasteiger partial charge in [-0.2, -0.15) is 0 Å². The van der Waals surface area contributed by atoms with Crippen molar-refractivity contribution in [1.82, 2.24) is 4.90 Å². The first-order valence-corrected chi connectivity index (χ1v) is 7.00. The molecule has 1 N–H and O–H groups in total.